The molecule has 112 valence electrons. The standard InChI is InChI=1S/C15H14N4O3/c16-10-11-4-1-2-5-12(11)19-15(21)18-8-7-17-14(20)13-6-3-9-22-13/h1-6,9H,7-8H2,(H,17,20)(H2,18,19,21). The van der Waals surface area contributed by atoms with Crippen LogP contribution in [-0.2, 0) is 0 Å². The molecule has 0 unspecified atom stereocenters. The van der Waals surface area contributed by atoms with Crippen LogP contribution in [0.15, 0.2) is 47.1 Å². The number of amides is 3. The summed E-state index contributed by atoms with van der Waals surface area (Å²) >= 11 is 0. The Morgan fingerprint density at radius 2 is 1.86 bits per heavy atom. The fraction of sp³-hybridized carbons (Fsp3) is 0.133. The second-order valence-electron chi connectivity index (χ2n) is 4.27. The van der Waals surface area contributed by atoms with E-state index in [0.29, 0.717) is 11.3 Å². The van der Waals surface area contributed by atoms with Gasteiger partial charge in [0.15, 0.2) is 5.76 Å². The van der Waals surface area contributed by atoms with Gasteiger partial charge in [-0.3, -0.25) is 4.79 Å². The van der Waals surface area contributed by atoms with E-state index in [1.807, 2.05) is 6.07 Å². The van der Waals surface area contributed by atoms with Crippen LogP contribution in [0.5, 0.6) is 0 Å². The van der Waals surface area contributed by atoms with Crippen molar-refractivity contribution in [2.24, 2.45) is 0 Å². The molecule has 0 saturated carbocycles. The summed E-state index contributed by atoms with van der Waals surface area (Å²) in [6, 6.07) is 11.4. The average Bonchev–Trinajstić information content (AvgIpc) is 3.06. The third kappa shape index (κ3) is 4.11. The molecule has 7 heteroatoms. The Morgan fingerprint density at radius 1 is 1.09 bits per heavy atom. The molecule has 2 aromatic rings. The van der Waals surface area contributed by atoms with Crippen LogP contribution in [0, 0.1) is 11.3 Å². The molecule has 0 aliphatic heterocycles. The van der Waals surface area contributed by atoms with Gasteiger partial charge in [0.05, 0.1) is 17.5 Å². The fourth-order valence-electron chi connectivity index (χ4n) is 1.70. The van der Waals surface area contributed by atoms with Crippen molar-refractivity contribution in [3.05, 3.63) is 54.0 Å². The minimum atomic E-state index is -0.449. The van der Waals surface area contributed by atoms with Crippen molar-refractivity contribution in [3.63, 3.8) is 0 Å². The van der Waals surface area contributed by atoms with Crippen molar-refractivity contribution in [2.45, 2.75) is 0 Å². The Hall–Kier alpha value is -3.27. The van der Waals surface area contributed by atoms with Gasteiger partial charge in [-0.1, -0.05) is 12.1 Å². The van der Waals surface area contributed by atoms with E-state index in [0.717, 1.165) is 0 Å². The Kier molecular flexibility index (Phi) is 5.15. The summed E-state index contributed by atoms with van der Waals surface area (Å²) < 4.78 is 4.94. The summed E-state index contributed by atoms with van der Waals surface area (Å²) in [6.45, 7) is 0.500. The Bertz CT molecular complexity index is 689. The van der Waals surface area contributed by atoms with Crippen LogP contribution in [0.1, 0.15) is 16.1 Å². The number of anilines is 1. The topological polar surface area (TPSA) is 107 Å². The number of nitrogens with one attached hydrogen (secondary N) is 3. The molecule has 7 nitrogen and oxygen atoms in total. The number of carbonyl (C=O) groups excluding carboxylic acids is 2. The van der Waals surface area contributed by atoms with Crippen molar-refractivity contribution in [3.8, 4) is 6.07 Å². The molecule has 0 atom stereocenters. The Balaban J connectivity index is 1.72. The molecule has 1 aromatic heterocycles. The van der Waals surface area contributed by atoms with Crippen LogP contribution in [0.3, 0.4) is 0 Å². The number of nitriles is 1. The predicted molar refractivity (Wildman–Crippen MR) is 79.2 cm³/mol. The summed E-state index contributed by atoms with van der Waals surface area (Å²) in [5, 5.41) is 16.7. The molecule has 2 rings (SSSR count). The number of rotatable bonds is 5. The number of benzene rings is 1. The highest BCUT2D eigenvalue weighted by Gasteiger charge is 2.08. The molecule has 1 heterocycles. The molecule has 0 aliphatic rings. The quantitative estimate of drug-likeness (QED) is 0.730. The number of hydrogen-bond donors (Lipinski definition) is 3. The van der Waals surface area contributed by atoms with E-state index >= 15 is 0 Å². The minimum absolute atomic E-state index is 0.215. The van der Waals surface area contributed by atoms with Gasteiger partial charge in [-0.05, 0) is 24.3 Å². The SMILES string of the molecule is N#Cc1ccccc1NC(=O)NCCNC(=O)c1ccco1. The van der Waals surface area contributed by atoms with Gasteiger partial charge in [0.25, 0.3) is 5.91 Å². The average molecular weight is 298 g/mol. The first-order valence-corrected chi connectivity index (χ1v) is 6.56. The lowest BCUT2D eigenvalue weighted by Crippen LogP contribution is -2.36. The van der Waals surface area contributed by atoms with Gasteiger partial charge in [-0.15, -0.1) is 0 Å². The first-order valence-electron chi connectivity index (χ1n) is 6.56. The van der Waals surface area contributed by atoms with Gasteiger partial charge in [-0.25, -0.2) is 4.79 Å². The van der Waals surface area contributed by atoms with Crippen molar-refractivity contribution < 1.29 is 14.0 Å². The van der Waals surface area contributed by atoms with E-state index in [9.17, 15) is 9.59 Å². The van der Waals surface area contributed by atoms with E-state index in [1.54, 1.807) is 36.4 Å². The summed E-state index contributed by atoms with van der Waals surface area (Å²) in [5.41, 5.74) is 0.811. The van der Waals surface area contributed by atoms with E-state index < -0.39 is 6.03 Å². The zero-order valence-electron chi connectivity index (χ0n) is 11.6. The third-order valence-electron chi connectivity index (χ3n) is 2.74. The fourth-order valence-corrected chi connectivity index (χ4v) is 1.70. The molecule has 0 saturated heterocycles. The second kappa shape index (κ2) is 7.50. The van der Waals surface area contributed by atoms with Gasteiger partial charge >= 0.3 is 6.03 Å². The molecule has 0 radical (unpaired) electrons. The highest BCUT2D eigenvalue weighted by Crippen LogP contribution is 2.12. The van der Waals surface area contributed by atoms with Crippen molar-refractivity contribution in [2.75, 3.05) is 18.4 Å². The molecule has 0 aliphatic carbocycles. The summed E-state index contributed by atoms with van der Waals surface area (Å²) in [6.07, 6.45) is 1.41. The molecule has 22 heavy (non-hydrogen) atoms. The van der Waals surface area contributed by atoms with Crippen molar-refractivity contribution in [1.29, 1.82) is 5.26 Å². The molecule has 0 bridgehead atoms. The second-order valence-corrected chi connectivity index (χ2v) is 4.27. The zero-order valence-corrected chi connectivity index (χ0v) is 11.6. The van der Waals surface area contributed by atoms with Gasteiger partial charge in [0, 0.05) is 13.1 Å². The van der Waals surface area contributed by atoms with Gasteiger partial charge in [0.2, 0.25) is 0 Å². The highest BCUT2D eigenvalue weighted by molar-refractivity contribution is 5.92. The Morgan fingerprint density at radius 3 is 2.59 bits per heavy atom. The van der Waals surface area contributed by atoms with Crippen LogP contribution >= 0.6 is 0 Å². The first-order chi connectivity index (χ1) is 10.7. The van der Waals surface area contributed by atoms with E-state index in [-0.39, 0.29) is 24.8 Å². The van der Waals surface area contributed by atoms with E-state index in [4.69, 9.17) is 9.68 Å². The molecular formula is C15H14N4O3. The van der Waals surface area contributed by atoms with E-state index in [2.05, 4.69) is 16.0 Å². The lowest BCUT2D eigenvalue weighted by atomic mass is 10.2. The summed E-state index contributed by atoms with van der Waals surface area (Å²) in [5.74, 6) is -0.130. The van der Waals surface area contributed by atoms with Crippen LogP contribution in [0.2, 0.25) is 0 Å². The zero-order chi connectivity index (χ0) is 15.8. The highest BCUT2D eigenvalue weighted by atomic mass is 16.3. The minimum Gasteiger partial charge on any atom is -0.459 e. The summed E-state index contributed by atoms with van der Waals surface area (Å²) in [7, 11) is 0. The number of para-hydroxylation sites is 1. The van der Waals surface area contributed by atoms with Gasteiger partial charge in [-0.2, -0.15) is 5.26 Å². The number of carbonyl (C=O) groups is 2. The van der Waals surface area contributed by atoms with Crippen molar-refractivity contribution in [1.82, 2.24) is 10.6 Å². The smallest absolute Gasteiger partial charge is 0.319 e. The summed E-state index contributed by atoms with van der Waals surface area (Å²) in [4.78, 5) is 23.2. The first kappa shape index (κ1) is 15.1. The largest absolute Gasteiger partial charge is 0.459 e. The molecule has 3 N–H and O–H groups in total. The number of urea groups is 1. The van der Waals surface area contributed by atoms with Crippen LogP contribution in [0.4, 0.5) is 10.5 Å². The van der Waals surface area contributed by atoms with Crippen LogP contribution in [-0.4, -0.2) is 25.0 Å². The monoisotopic (exact) mass is 298 g/mol. The maximum absolute atomic E-state index is 11.7. The number of furan rings is 1. The van der Waals surface area contributed by atoms with Gasteiger partial charge < -0.3 is 20.4 Å². The normalized spacial score (nSPS) is 9.59. The molecular weight excluding hydrogens is 284 g/mol. The van der Waals surface area contributed by atoms with Crippen LogP contribution in [0.25, 0.3) is 0 Å². The van der Waals surface area contributed by atoms with Crippen LogP contribution < -0.4 is 16.0 Å². The molecule has 1 aromatic carbocycles. The third-order valence-corrected chi connectivity index (χ3v) is 2.74. The number of nitrogens with zero attached hydrogens (tertiary/aromatic N) is 1. The Labute approximate surface area is 126 Å². The van der Waals surface area contributed by atoms with Gasteiger partial charge in [0.1, 0.15) is 6.07 Å². The maximum atomic E-state index is 11.7. The molecule has 3 amide bonds. The maximum Gasteiger partial charge on any atom is 0.319 e. The lowest BCUT2D eigenvalue weighted by molar-refractivity contribution is 0.0926. The lowest BCUT2D eigenvalue weighted by Gasteiger charge is -2.09. The molecule has 0 fully saturated rings. The van der Waals surface area contributed by atoms with E-state index in [1.165, 1.54) is 6.26 Å². The molecule has 0 spiro atoms. The van der Waals surface area contributed by atoms with Crippen molar-refractivity contribution >= 4 is 17.6 Å². The predicted octanol–water partition coefficient (Wildman–Crippen LogP) is 1.70. The number of hydrogen-bond acceptors (Lipinski definition) is 4.